The Morgan fingerprint density at radius 3 is 2.65 bits per heavy atom. The molecule has 1 aromatic heterocycles. The van der Waals surface area contributed by atoms with Gasteiger partial charge in [-0.15, -0.1) is 0 Å². The van der Waals surface area contributed by atoms with Gasteiger partial charge in [0.15, 0.2) is 0 Å². The summed E-state index contributed by atoms with van der Waals surface area (Å²) in [6.45, 7) is 0.784. The third-order valence-electron chi connectivity index (χ3n) is 2.60. The number of benzene rings is 1. The third-order valence-corrected chi connectivity index (χ3v) is 2.60. The first kappa shape index (κ1) is 11.6. The van der Waals surface area contributed by atoms with Crippen LogP contribution in [0.1, 0.15) is 5.69 Å². The number of hydrogen-bond donors (Lipinski definition) is 1. The van der Waals surface area contributed by atoms with Crippen LogP contribution in [0.15, 0.2) is 42.6 Å². The summed E-state index contributed by atoms with van der Waals surface area (Å²) in [5.74, 6) is 0.871. The van der Waals surface area contributed by atoms with Crippen molar-refractivity contribution in [3.05, 3.63) is 48.3 Å². The molecule has 0 aliphatic heterocycles. The van der Waals surface area contributed by atoms with Crippen molar-refractivity contribution in [2.75, 3.05) is 14.2 Å². The van der Waals surface area contributed by atoms with E-state index in [0.29, 0.717) is 0 Å². The van der Waals surface area contributed by atoms with Crippen molar-refractivity contribution in [2.45, 2.75) is 6.54 Å². The SMILES string of the molecule is CNCc1ccc(-c2ccccc2OC)cn1. The van der Waals surface area contributed by atoms with E-state index in [-0.39, 0.29) is 0 Å². The lowest BCUT2D eigenvalue weighted by atomic mass is 10.1. The molecule has 3 heteroatoms. The van der Waals surface area contributed by atoms with E-state index in [0.717, 1.165) is 29.1 Å². The van der Waals surface area contributed by atoms with E-state index in [1.165, 1.54) is 0 Å². The maximum absolute atomic E-state index is 5.34. The highest BCUT2D eigenvalue weighted by Crippen LogP contribution is 2.28. The Morgan fingerprint density at radius 2 is 2.00 bits per heavy atom. The average Bonchev–Trinajstić information content (AvgIpc) is 2.40. The number of ether oxygens (including phenoxy) is 1. The molecule has 0 aliphatic rings. The van der Waals surface area contributed by atoms with Crippen LogP contribution in [0.25, 0.3) is 11.1 Å². The van der Waals surface area contributed by atoms with Crippen LogP contribution < -0.4 is 10.1 Å². The highest BCUT2D eigenvalue weighted by molar-refractivity contribution is 5.69. The van der Waals surface area contributed by atoms with Gasteiger partial charge in [0, 0.05) is 23.9 Å². The van der Waals surface area contributed by atoms with E-state index in [1.807, 2.05) is 43.6 Å². The van der Waals surface area contributed by atoms with Crippen LogP contribution in [0.4, 0.5) is 0 Å². The normalized spacial score (nSPS) is 10.2. The van der Waals surface area contributed by atoms with Gasteiger partial charge in [-0.3, -0.25) is 4.98 Å². The molecule has 2 aromatic rings. The van der Waals surface area contributed by atoms with E-state index >= 15 is 0 Å². The predicted octanol–water partition coefficient (Wildman–Crippen LogP) is 2.48. The van der Waals surface area contributed by atoms with Crippen LogP contribution in [0.2, 0.25) is 0 Å². The van der Waals surface area contributed by atoms with Crippen LogP contribution in [0, 0.1) is 0 Å². The fourth-order valence-corrected chi connectivity index (χ4v) is 1.75. The Labute approximate surface area is 101 Å². The first-order valence-corrected chi connectivity index (χ1v) is 5.58. The highest BCUT2D eigenvalue weighted by Gasteiger charge is 2.04. The monoisotopic (exact) mass is 228 g/mol. The summed E-state index contributed by atoms with van der Waals surface area (Å²) in [6, 6.07) is 12.0. The lowest BCUT2D eigenvalue weighted by molar-refractivity contribution is 0.416. The van der Waals surface area contributed by atoms with E-state index in [4.69, 9.17) is 4.74 Å². The first-order chi connectivity index (χ1) is 8.35. The molecule has 2 rings (SSSR count). The Kier molecular flexibility index (Phi) is 3.73. The first-order valence-electron chi connectivity index (χ1n) is 5.58. The van der Waals surface area contributed by atoms with Crippen LogP contribution in [0.3, 0.4) is 0 Å². The fourth-order valence-electron chi connectivity index (χ4n) is 1.75. The van der Waals surface area contributed by atoms with E-state index in [1.54, 1.807) is 7.11 Å². The van der Waals surface area contributed by atoms with Crippen LogP contribution in [0.5, 0.6) is 5.75 Å². The summed E-state index contributed by atoms with van der Waals surface area (Å²) >= 11 is 0. The molecule has 17 heavy (non-hydrogen) atoms. The summed E-state index contributed by atoms with van der Waals surface area (Å²) in [7, 11) is 3.59. The average molecular weight is 228 g/mol. The molecule has 0 spiro atoms. The Balaban J connectivity index is 2.33. The summed E-state index contributed by atoms with van der Waals surface area (Å²) < 4.78 is 5.34. The molecule has 0 radical (unpaired) electrons. The third kappa shape index (κ3) is 2.63. The molecule has 1 heterocycles. The standard InChI is InChI=1S/C14H16N2O/c1-15-10-12-8-7-11(9-16-12)13-5-3-4-6-14(13)17-2/h3-9,15H,10H2,1-2H3. The molecular weight excluding hydrogens is 212 g/mol. The molecule has 3 nitrogen and oxygen atoms in total. The number of aromatic nitrogens is 1. The van der Waals surface area contributed by atoms with Gasteiger partial charge in [0.1, 0.15) is 5.75 Å². The smallest absolute Gasteiger partial charge is 0.126 e. The maximum atomic E-state index is 5.34. The molecule has 1 N–H and O–H groups in total. The molecule has 0 saturated heterocycles. The quantitative estimate of drug-likeness (QED) is 0.873. The number of rotatable bonds is 4. The van der Waals surface area contributed by atoms with Gasteiger partial charge in [0.2, 0.25) is 0 Å². The van der Waals surface area contributed by atoms with E-state index < -0.39 is 0 Å². The molecule has 0 amide bonds. The van der Waals surface area contributed by atoms with Crippen molar-refractivity contribution in [1.29, 1.82) is 0 Å². The number of nitrogens with zero attached hydrogens (tertiary/aromatic N) is 1. The zero-order valence-corrected chi connectivity index (χ0v) is 10.1. The number of pyridine rings is 1. The van der Waals surface area contributed by atoms with Crippen molar-refractivity contribution < 1.29 is 4.74 Å². The van der Waals surface area contributed by atoms with Gasteiger partial charge >= 0.3 is 0 Å². The van der Waals surface area contributed by atoms with Gasteiger partial charge in [-0.2, -0.15) is 0 Å². The van der Waals surface area contributed by atoms with E-state index in [9.17, 15) is 0 Å². The van der Waals surface area contributed by atoms with Crippen LogP contribution >= 0.6 is 0 Å². The Bertz CT molecular complexity index is 480. The van der Waals surface area contributed by atoms with Gasteiger partial charge in [0.25, 0.3) is 0 Å². The Morgan fingerprint density at radius 1 is 1.18 bits per heavy atom. The maximum Gasteiger partial charge on any atom is 0.126 e. The number of nitrogens with one attached hydrogen (secondary N) is 1. The lowest BCUT2D eigenvalue weighted by Crippen LogP contribution is -2.06. The van der Waals surface area contributed by atoms with Crippen molar-refractivity contribution in [1.82, 2.24) is 10.3 Å². The second-order valence-corrected chi connectivity index (χ2v) is 3.77. The minimum Gasteiger partial charge on any atom is -0.496 e. The summed E-state index contributed by atoms with van der Waals surface area (Å²) in [6.07, 6.45) is 1.88. The summed E-state index contributed by atoms with van der Waals surface area (Å²) in [4.78, 5) is 4.40. The number of para-hydroxylation sites is 1. The minimum atomic E-state index is 0.784. The topological polar surface area (TPSA) is 34.1 Å². The lowest BCUT2D eigenvalue weighted by Gasteiger charge is -2.08. The zero-order chi connectivity index (χ0) is 12.1. The number of methoxy groups -OCH3 is 1. The molecule has 0 unspecified atom stereocenters. The van der Waals surface area contributed by atoms with Gasteiger partial charge in [-0.1, -0.05) is 24.3 Å². The molecular formula is C14H16N2O. The molecule has 88 valence electrons. The van der Waals surface area contributed by atoms with Crippen molar-refractivity contribution in [2.24, 2.45) is 0 Å². The summed E-state index contributed by atoms with van der Waals surface area (Å²) in [5.41, 5.74) is 3.17. The molecule has 1 aromatic carbocycles. The van der Waals surface area contributed by atoms with Gasteiger partial charge in [0.05, 0.1) is 12.8 Å². The predicted molar refractivity (Wildman–Crippen MR) is 69.0 cm³/mol. The molecule has 0 aliphatic carbocycles. The fraction of sp³-hybridized carbons (Fsp3) is 0.214. The van der Waals surface area contributed by atoms with Crippen LogP contribution in [-0.4, -0.2) is 19.1 Å². The van der Waals surface area contributed by atoms with Crippen molar-refractivity contribution in [3.63, 3.8) is 0 Å². The second-order valence-electron chi connectivity index (χ2n) is 3.77. The highest BCUT2D eigenvalue weighted by atomic mass is 16.5. The zero-order valence-electron chi connectivity index (χ0n) is 10.1. The molecule has 0 bridgehead atoms. The van der Waals surface area contributed by atoms with E-state index in [2.05, 4.69) is 16.4 Å². The summed E-state index contributed by atoms with van der Waals surface area (Å²) in [5, 5.41) is 3.08. The van der Waals surface area contributed by atoms with Crippen LogP contribution in [-0.2, 0) is 6.54 Å². The molecule has 0 saturated carbocycles. The van der Waals surface area contributed by atoms with Crippen molar-refractivity contribution >= 4 is 0 Å². The number of hydrogen-bond acceptors (Lipinski definition) is 3. The minimum absolute atomic E-state index is 0.784. The largest absolute Gasteiger partial charge is 0.496 e. The van der Waals surface area contributed by atoms with Crippen molar-refractivity contribution in [3.8, 4) is 16.9 Å². The van der Waals surface area contributed by atoms with Gasteiger partial charge < -0.3 is 10.1 Å². The molecule has 0 fully saturated rings. The van der Waals surface area contributed by atoms with Gasteiger partial charge in [-0.05, 0) is 19.2 Å². The Hall–Kier alpha value is -1.87. The molecule has 0 atom stereocenters. The second kappa shape index (κ2) is 5.46. The van der Waals surface area contributed by atoms with Gasteiger partial charge in [-0.25, -0.2) is 0 Å².